The highest BCUT2D eigenvalue weighted by Gasteiger charge is 2.18. The molecule has 0 heterocycles. The molecule has 2 rings (SSSR count). The molecule has 0 radical (unpaired) electrons. The number of carbonyl (C=O) groups excluding carboxylic acids is 1. The van der Waals surface area contributed by atoms with Crippen LogP contribution in [0.1, 0.15) is 15.9 Å². The topological polar surface area (TPSA) is 90.3 Å². The van der Waals surface area contributed by atoms with Gasteiger partial charge in [-0.15, -0.1) is 0 Å². The lowest BCUT2D eigenvalue weighted by Crippen LogP contribution is -2.38. The van der Waals surface area contributed by atoms with E-state index in [9.17, 15) is 13.2 Å². The van der Waals surface area contributed by atoms with Gasteiger partial charge in [0, 0.05) is 17.1 Å². The molecule has 0 saturated heterocycles. The quantitative estimate of drug-likeness (QED) is 0.836. The number of carbonyl (C=O) groups is 1. The smallest absolute Gasteiger partial charge is 0.251 e. The van der Waals surface area contributed by atoms with Crippen LogP contribution < -0.4 is 9.62 Å². The summed E-state index contributed by atoms with van der Waals surface area (Å²) in [7, 11) is -3.56. The Morgan fingerprint density at radius 1 is 1.24 bits per heavy atom. The zero-order valence-corrected chi connectivity index (χ0v) is 15.0. The van der Waals surface area contributed by atoms with Crippen molar-refractivity contribution in [1.29, 1.82) is 5.26 Å². The van der Waals surface area contributed by atoms with Gasteiger partial charge in [-0.25, -0.2) is 8.42 Å². The van der Waals surface area contributed by atoms with Crippen molar-refractivity contribution in [3.8, 4) is 6.07 Å². The molecule has 0 spiro atoms. The van der Waals surface area contributed by atoms with E-state index in [4.69, 9.17) is 16.9 Å². The maximum absolute atomic E-state index is 12.1. The van der Waals surface area contributed by atoms with Crippen LogP contribution in [0.5, 0.6) is 0 Å². The Balaban J connectivity index is 2.07. The largest absolute Gasteiger partial charge is 0.350 e. The molecule has 2 aromatic carbocycles. The molecule has 0 aliphatic rings. The highest BCUT2D eigenvalue weighted by atomic mass is 35.5. The molecule has 0 aromatic heterocycles. The molecule has 8 heteroatoms. The summed E-state index contributed by atoms with van der Waals surface area (Å²) in [5, 5.41) is 12.1. The number of benzene rings is 2. The molecule has 1 N–H and O–H groups in total. The van der Waals surface area contributed by atoms with Gasteiger partial charge in [0.05, 0.1) is 30.1 Å². The Morgan fingerprint density at radius 2 is 1.92 bits per heavy atom. The summed E-state index contributed by atoms with van der Waals surface area (Å²) >= 11 is 5.78. The van der Waals surface area contributed by atoms with Gasteiger partial charge in [-0.3, -0.25) is 9.10 Å². The van der Waals surface area contributed by atoms with E-state index in [0.29, 0.717) is 21.8 Å². The third-order valence-corrected chi connectivity index (χ3v) is 4.82. The van der Waals surface area contributed by atoms with E-state index >= 15 is 0 Å². The third-order valence-electron chi connectivity index (χ3n) is 3.37. The summed E-state index contributed by atoms with van der Waals surface area (Å²) in [6.45, 7) is 0.165. The first kappa shape index (κ1) is 18.8. The Kier molecular flexibility index (Phi) is 6.02. The predicted molar refractivity (Wildman–Crippen MR) is 97.1 cm³/mol. The van der Waals surface area contributed by atoms with Crippen molar-refractivity contribution in [3.63, 3.8) is 0 Å². The second-order valence-corrected chi connectivity index (χ2v) is 7.60. The molecule has 0 aliphatic carbocycles. The minimum absolute atomic E-state index is 0.0487. The van der Waals surface area contributed by atoms with Crippen molar-refractivity contribution < 1.29 is 13.2 Å². The van der Waals surface area contributed by atoms with Crippen LogP contribution in [0.3, 0.4) is 0 Å². The Labute approximate surface area is 151 Å². The van der Waals surface area contributed by atoms with Gasteiger partial charge in [0.1, 0.15) is 0 Å². The van der Waals surface area contributed by atoms with Crippen LogP contribution in [0.4, 0.5) is 5.69 Å². The highest BCUT2D eigenvalue weighted by molar-refractivity contribution is 7.92. The van der Waals surface area contributed by atoms with Gasteiger partial charge in [0.15, 0.2) is 0 Å². The first-order valence-corrected chi connectivity index (χ1v) is 9.55. The van der Waals surface area contributed by atoms with Gasteiger partial charge < -0.3 is 5.32 Å². The maximum Gasteiger partial charge on any atom is 0.251 e. The number of anilines is 1. The van der Waals surface area contributed by atoms with Crippen LogP contribution in [0.15, 0.2) is 48.5 Å². The molecule has 0 saturated carbocycles. The van der Waals surface area contributed by atoms with Crippen LogP contribution >= 0.6 is 11.6 Å². The van der Waals surface area contributed by atoms with Crippen LogP contribution in [0.2, 0.25) is 5.02 Å². The molecule has 130 valence electrons. The predicted octanol–water partition coefficient (Wildman–Crippen LogP) is 2.41. The van der Waals surface area contributed by atoms with Crippen molar-refractivity contribution in [2.45, 2.75) is 0 Å². The lowest BCUT2D eigenvalue weighted by Gasteiger charge is -2.22. The number of nitrogens with one attached hydrogen (secondary N) is 1. The summed E-state index contributed by atoms with van der Waals surface area (Å²) in [6, 6.07) is 14.6. The minimum atomic E-state index is -3.56. The molecular weight excluding hydrogens is 362 g/mol. The molecule has 2 aromatic rings. The Hall–Kier alpha value is -2.56. The molecule has 0 atom stereocenters. The van der Waals surface area contributed by atoms with Gasteiger partial charge in [-0.1, -0.05) is 17.7 Å². The fourth-order valence-electron chi connectivity index (χ4n) is 2.19. The van der Waals surface area contributed by atoms with Gasteiger partial charge >= 0.3 is 0 Å². The van der Waals surface area contributed by atoms with Crippen molar-refractivity contribution in [2.75, 3.05) is 23.7 Å². The number of hydrogen-bond donors (Lipinski definition) is 1. The SMILES string of the molecule is CS(=O)(=O)N(CCNC(=O)c1ccc(Cl)cc1)c1cccc(C#N)c1. The number of rotatable bonds is 6. The molecular formula is C17H16ClN3O3S. The van der Waals surface area contributed by atoms with Crippen LogP contribution in [-0.4, -0.2) is 33.7 Å². The number of halogens is 1. The highest BCUT2D eigenvalue weighted by Crippen LogP contribution is 2.18. The Morgan fingerprint density at radius 3 is 2.52 bits per heavy atom. The number of amides is 1. The first-order chi connectivity index (χ1) is 11.8. The fourth-order valence-corrected chi connectivity index (χ4v) is 3.24. The van der Waals surface area contributed by atoms with Crippen molar-refractivity contribution in [3.05, 3.63) is 64.7 Å². The third kappa shape index (κ3) is 5.21. The molecule has 1 amide bonds. The van der Waals surface area contributed by atoms with Crippen LogP contribution in [0, 0.1) is 11.3 Å². The Bertz CT molecular complexity index is 905. The van der Waals surface area contributed by atoms with Gasteiger partial charge in [-0.05, 0) is 42.5 Å². The van der Waals surface area contributed by atoms with E-state index < -0.39 is 10.0 Å². The van der Waals surface area contributed by atoms with E-state index in [0.717, 1.165) is 10.6 Å². The number of nitriles is 1. The zero-order valence-electron chi connectivity index (χ0n) is 13.4. The van der Waals surface area contributed by atoms with E-state index in [1.165, 1.54) is 6.07 Å². The molecule has 6 nitrogen and oxygen atoms in total. The number of sulfonamides is 1. The van der Waals surface area contributed by atoms with Gasteiger partial charge in [0.25, 0.3) is 5.91 Å². The zero-order chi connectivity index (χ0) is 18.4. The van der Waals surface area contributed by atoms with Crippen molar-refractivity contribution >= 4 is 33.2 Å². The van der Waals surface area contributed by atoms with E-state index in [2.05, 4.69) is 5.32 Å². The van der Waals surface area contributed by atoms with Crippen molar-refractivity contribution in [1.82, 2.24) is 5.32 Å². The molecule has 0 unspecified atom stereocenters. The molecule has 0 aliphatic heterocycles. The lowest BCUT2D eigenvalue weighted by molar-refractivity contribution is 0.0955. The number of hydrogen-bond acceptors (Lipinski definition) is 4. The molecule has 25 heavy (non-hydrogen) atoms. The van der Waals surface area contributed by atoms with Gasteiger partial charge in [-0.2, -0.15) is 5.26 Å². The van der Waals surface area contributed by atoms with Crippen LogP contribution in [0.25, 0.3) is 0 Å². The van der Waals surface area contributed by atoms with E-state index in [-0.39, 0.29) is 19.0 Å². The second kappa shape index (κ2) is 8.01. The van der Waals surface area contributed by atoms with E-state index in [1.54, 1.807) is 42.5 Å². The molecule has 0 fully saturated rings. The minimum Gasteiger partial charge on any atom is -0.350 e. The monoisotopic (exact) mass is 377 g/mol. The number of nitrogens with zero attached hydrogens (tertiary/aromatic N) is 2. The lowest BCUT2D eigenvalue weighted by atomic mass is 10.2. The van der Waals surface area contributed by atoms with Crippen molar-refractivity contribution in [2.24, 2.45) is 0 Å². The summed E-state index contributed by atoms with van der Waals surface area (Å²) in [4.78, 5) is 12.1. The summed E-state index contributed by atoms with van der Waals surface area (Å²) < 4.78 is 25.2. The van der Waals surface area contributed by atoms with E-state index in [1.807, 2.05) is 6.07 Å². The fraction of sp³-hybridized carbons (Fsp3) is 0.176. The first-order valence-electron chi connectivity index (χ1n) is 7.33. The second-order valence-electron chi connectivity index (χ2n) is 5.26. The van der Waals surface area contributed by atoms with Crippen LogP contribution in [-0.2, 0) is 10.0 Å². The summed E-state index contributed by atoms with van der Waals surface area (Å²) in [5.41, 5.74) is 1.17. The summed E-state index contributed by atoms with van der Waals surface area (Å²) in [6.07, 6.45) is 1.08. The normalized spacial score (nSPS) is 10.8. The van der Waals surface area contributed by atoms with Gasteiger partial charge in [0.2, 0.25) is 10.0 Å². The molecule has 0 bridgehead atoms. The average Bonchev–Trinajstić information content (AvgIpc) is 2.58. The average molecular weight is 378 g/mol. The standard InChI is InChI=1S/C17H16ClN3O3S/c1-25(23,24)21(16-4-2-3-13(11-16)12-19)10-9-20-17(22)14-5-7-15(18)8-6-14/h2-8,11H,9-10H2,1H3,(H,20,22). The maximum atomic E-state index is 12.1. The summed E-state index contributed by atoms with van der Waals surface area (Å²) in [5.74, 6) is -0.323.